The number of carbonyl (C=O) groups is 1. The van der Waals surface area contributed by atoms with Crippen LogP contribution >= 0.6 is 0 Å². The molecule has 2 aromatic carbocycles. The van der Waals surface area contributed by atoms with E-state index in [2.05, 4.69) is 28.2 Å². The summed E-state index contributed by atoms with van der Waals surface area (Å²) in [4.78, 5) is 17.3. The van der Waals surface area contributed by atoms with Crippen molar-refractivity contribution in [3.8, 4) is 0 Å². The van der Waals surface area contributed by atoms with Crippen molar-refractivity contribution in [2.75, 3.05) is 38.5 Å². The van der Waals surface area contributed by atoms with Crippen molar-refractivity contribution in [1.29, 1.82) is 0 Å². The van der Waals surface area contributed by atoms with Crippen LogP contribution in [0.2, 0.25) is 0 Å². The van der Waals surface area contributed by atoms with E-state index in [1.165, 1.54) is 5.56 Å². The minimum absolute atomic E-state index is 0.0514. The number of amides is 1. The van der Waals surface area contributed by atoms with Gasteiger partial charge in [0.25, 0.3) is 5.91 Å². The van der Waals surface area contributed by atoms with Crippen LogP contribution < -0.4 is 5.32 Å². The summed E-state index contributed by atoms with van der Waals surface area (Å²) in [5, 5.41) is 3.00. The fraction of sp³-hybridized carbons (Fsp3) is 0.350. The normalized spacial score (nSPS) is 16.1. The molecule has 0 atom stereocenters. The van der Waals surface area contributed by atoms with Crippen LogP contribution in [-0.2, 0) is 6.54 Å². The van der Waals surface area contributed by atoms with Gasteiger partial charge in [0.2, 0.25) is 0 Å². The lowest BCUT2D eigenvalue weighted by Gasteiger charge is -2.32. The molecule has 0 aliphatic carbocycles. The Morgan fingerprint density at radius 3 is 2.54 bits per heavy atom. The van der Waals surface area contributed by atoms with Gasteiger partial charge in [-0.25, -0.2) is 0 Å². The number of hydrogen-bond acceptors (Lipinski definition) is 3. The number of rotatable bonds is 4. The second kappa shape index (κ2) is 7.60. The lowest BCUT2D eigenvalue weighted by molar-refractivity contribution is 0.102. The minimum Gasteiger partial charge on any atom is -0.322 e. The molecule has 1 aliphatic heterocycles. The largest absolute Gasteiger partial charge is 0.322 e. The molecule has 24 heavy (non-hydrogen) atoms. The van der Waals surface area contributed by atoms with Gasteiger partial charge >= 0.3 is 0 Å². The number of nitrogens with zero attached hydrogens (tertiary/aromatic N) is 2. The van der Waals surface area contributed by atoms with E-state index < -0.39 is 0 Å². The highest BCUT2D eigenvalue weighted by Crippen LogP contribution is 2.16. The van der Waals surface area contributed by atoms with E-state index in [4.69, 9.17) is 0 Å². The Morgan fingerprint density at radius 1 is 1.04 bits per heavy atom. The van der Waals surface area contributed by atoms with Crippen LogP contribution in [0.3, 0.4) is 0 Å². The summed E-state index contributed by atoms with van der Waals surface area (Å²) in [5.74, 6) is -0.0514. The molecular weight excluding hydrogens is 298 g/mol. The number of benzene rings is 2. The molecule has 0 bridgehead atoms. The second-order valence-corrected chi connectivity index (χ2v) is 6.55. The van der Waals surface area contributed by atoms with Crippen LogP contribution in [0.4, 0.5) is 5.69 Å². The first kappa shape index (κ1) is 16.7. The molecule has 1 amide bonds. The fourth-order valence-electron chi connectivity index (χ4n) is 2.98. The third-order valence-electron chi connectivity index (χ3n) is 4.58. The predicted molar refractivity (Wildman–Crippen MR) is 98.3 cm³/mol. The number of piperazine rings is 1. The highest BCUT2D eigenvalue weighted by atomic mass is 16.1. The van der Waals surface area contributed by atoms with Crippen molar-refractivity contribution < 1.29 is 4.79 Å². The van der Waals surface area contributed by atoms with Crippen molar-refractivity contribution in [3.05, 3.63) is 65.2 Å². The van der Waals surface area contributed by atoms with Crippen LogP contribution in [0.25, 0.3) is 0 Å². The lowest BCUT2D eigenvalue weighted by atomic mass is 10.1. The molecule has 1 aliphatic rings. The molecule has 126 valence electrons. The lowest BCUT2D eigenvalue weighted by Crippen LogP contribution is -2.43. The maximum Gasteiger partial charge on any atom is 0.255 e. The maximum absolute atomic E-state index is 12.5. The summed E-state index contributed by atoms with van der Waals surface area (Å²) in [6.45, 7) is 7.27. The van der Waals surface area contributed by atoms with Gasteiger partial charge in [0.1, 0.15) is 0 Å². The van der Waals surface area contributed by atoms with Gasteiger partial charge < -0.3 is 10.2 Å². The average Bonchev–Trinajstić information content (AvgIpc) is 2.59. The number of likely N-dealkylation sites (N-methyl/N-ethyl adjacent to an activating group) is 1. The van der Waals surface area contributed by atoms with Crippen LogP contribution in [0.1, 0.15) is 21.5 Å². The smallest absolute Gasteiger partial charge is 0.255 e. The maximum atomic E-state index is 12.5. The molecule has 4 nitrogen and oxygen atoms in total. The van der Waals surface area contributed by atoms with E-state index in [0.717, 1.165) is 44.0 Å². The van der Waals surface area contributed by atoms with Gasteiger partial charge in [-0.3, -0.25) is 9.69 Å². The molecule has 0 spiro atoms. The molecule has 3 rings (SSSR count). The number of aryl methyl sites for hydroxylation is 1. The average molecular weight is 323 g/mol. The van der Waals surface area contributed by atoms with E-state index >= 15 is 0 Å². The monoisotopic (exact) mass is 323 g/mol. The van der Waals surface area contributed by atoms with Crippen molar-refractivity contribution in [2.45, 2.75) is 13.5 Å². The summed E-state index contributed by atoms with van der Waals surface area (Å²) in [5.41, 5.74) is 3.84. The van der Waals surface area contributed by atoms with Gasteiger partial charge in [0.05, 0.1) is 0 Å². The summed E-state index contributed by atoms with van der Waals surface area (Å²) in [7, 11) is 2.16. The highest BCUT2D eigenvalue weighted by Gasteiger charge is 2.14. The van der Waals surface area contributed by atoms with Crippen LogP contribution in [0.15, 0.2) is 48.5 Å². The molecular formula is C20H25N3O. The minimum atomic E-state index is -0.0514. The first-order chi connectivity index (χ1) is 11.6. The zero-order valence-electron chi connectivity index (χ0n) is 14.5. The van der Waals surface area contributed by atoms with Crippen LogP contribution in [0.5, 0.6) is 0 Å². The zero-order valence-corrected chi connectivity index (χ0v) is 14.5. The number of anilines is 1. The standard InChI is InChI=1S/C20H25N3O/c1-16-6-3-4-9-19(16)21-20(24)18-8-5-7-17(14-18)15-23-12-10-22(2)11-13-23/h3-9,14H,10-13,15H2,1-2H3,(H,21,24). The highest BCUT2D eigenvalue weighted by molar-refractivity contribution is 6.04. The van der Waals surface area contributed by atoms with Crippen LogP contribution in [0, 0.1) is 6.92 Å². The van der Waals surface area contributed by atoms with Crippen molar-refractivity contribution in [2.24, 2.45) is 0 Å². The summed E-state index contributed by atoms with van der Waals surface area (Å²) < 4.78 is 0. The third-order valence-corrected chi connectivity index (χ3v) is 4.58. The third kappa shape index (κ3) is 4.22. The molecule has 0 aromatic heterocycles. The molecule has 0 saturated carbocycles. The Labute approximate surface area is 144 Å². The van der Waals surface area contributed by atoms with Gasteiger partial charge in [-0.2, -0.15) is 0 Å². The molecule has 1 N–H and O–H groups in total. The molecule has 1 fully saturated rings. The van der Waals surface area contributed by atoms with E-state index in [1.54, 1.807) is 0 Å². The number of nitrogens with one attached hydrogen (secondary N) is 1. The SMILES string of the molecule is Cc1ccccc1NC(=O)c1cccc(CN2CCN(C)CC2)c1. The summed E-state index contributed by atoms with van der Waals surface area (Å²) in [6.07, 6.45) is 0. The quantitative estimate of drug-likeness (QED) is 0.939. The van der Waals surface area contributed by atoms with Gasteiger partial charge in [-0.1, -0.05) is 30.3 Å². The summed E-state index contributed by atoms with van der Waals surface area (Å²) >= 11 is 0. The first-order valence-electron chi connectivity index (χ1n) is 8.48. The van der Waals surface area contributed by atoms with E-state index in [1.807, 2.05) is 49.4 Å². The number of hydrogen-bond donors (Lipinski definition) is 1. The van der Waals surface area contributed by atoms with Gasteiger partial charge in [-0.15, -0.1) is 0 Å². The van der Waals surface area contributed by atoms with Crippen LogP contribution in [-0.4, -0.2) is 48.9 Å². The molecule has 0 unspecified atom stereocenters. The van der Waals surface area contributed by atoms with Crippen molar-refractivity contribution in [1.82, 2.24) is 9.80 Å². The van der Waals surface area contributed by atoms with Crippen molar-refractivity contribution in [3.63, 3.8) is 0 Å². The Hall–Kier alpha value is -2.17. The van der Waals surface area contributed by atoms with Gasteiger partial charge in [0.15, 0.2) is 0 Å². The van der Waals surface area contributed by atoms with E-state index in [-0.39, 0.29) is 5.91 Å². The molecule has 2 aromatic rings. The Bertz CT molecular complexity index is 706. The first-order valence-corrected chi connectivity index (χ1v) is 8.48. The Morgan fingerprint density at radius 2 is 1.79 bits per heavy atom. The zero-order chi connectivity index (χ0) is 16.9. The molecule has 4 heteroatoms. The Balaban J connectivity index is 1.66. The molecule has 1 saturated heterocycles. The van der Waals surface area contributed by atoms with Crippen molar-refractivity contribution >= 4 is 11.6 Å². The number of carbonyl (C=O) groups excluding carboxylic acids is 1. The second-order valence-electron chi connectivity index (χ2n) is 6.55. The van der Waals surface area contributed by atoms with E-state index in [0.29, 0.717) is 5.56 Å². The summed E-state index contributed by atoms with van der Waals surface area (Å²) in [6, 6.07) is 15.8. The van der Waals surface area contributed by atoms with Gasteiger partial charge in [0, 0.05) is 44.0 Å². The number of para-hydroxylation sites is 1. The van der Waals surface area contributed by atoms with Gasteiger partial charge in [-0.05, 0) is 43.3 Å². The predicted octanol–water partition coefficient (Wildman–Crippen LogP) is 2.99. The fourth-order valence-corrected chi connectivity index (χ4v) is 2.98. The molecule has 0 radical (unpaired) electrons. The van der Waals surface area contributed by atoms with E-state index in [9.17, 15) is 4.79 Å². The molecule has 1 heterocycles. The Kier molecular flexibility index (Phi) is 5.28. The topological polar surface area (TPSA) is 35.6 Å².